The van der Waals surface area contributed by atoms with Crippen LogP contribution in [-0.4, -0.2) is 34.6 Å². The zero-order chi connectivity index (χ0) is 23.0. The van der Waals surface area contributed by atoms with Crippen molar-refractivity contribution in [2.75, 3.05) is 23.3 Å². The number of fused-ring (bicyclic) bond motifs is 1. The number of non-ortho nitro benzene ring substituents is 1. The van der Waals surface area contributed by atoms with E-state index in [4.69, 9.17) is 5.26 Å². The van der Waals surface area contributed by atoms with Gasteiger partial charge in [0.25, 0.3) is 11.6 Å². The first-order valence-electron chi connectivity index (χ1n) is 9.10. The highest BCUT2D eigenvalue weighted by molar-refractivity contribution is 5.97. The molecule has 0 aromatic heterocycles. The van der Waals surface area contributed by atoms with E-state index < -0.39 is 33.7 Å². The van der Waals surface area contributed by atoms with Crippen molar-refractivity contribution in [1.29, 1.82) is 5.26 Å². The van der Waals surface area contributed by atoms with Crippen molar-refractivity contribution in [3.05, 3.63) is 63.2 Å². The summed E-state index contributed by atoms with van der Waals surface area (Å²) in [5.41, 5.74) is -2.69. The predicted molar refractivity (Wildman–Crippen MR) is 104 cm³/mol. The number of nitro benzene ring substituents is 1. The van der Waals surface area contributed by atoms with Gasteiger partial charge in [0.05, 0.1) is 28.7 Å². The maximum atomic E-state index is 13.1. The number of hydrogen-bond donors (Lipinski definition) is 2. The van der Waals surface area contributed by atoms with Crippen LogP contribution in [0.4, 0.5) is 30.2 Å². The van der Waals surface area contributed by atoms with Gasteiger partial charge in [0.1, 0.15) is 0 Å². The molecule has 8 nitrogen and oxygen atoms in total. The van der Waals surface area contributed by atoms with Gasteiger partial charge in [0.15, 0.2) is 5.60 Å². The molecule has 0 saturated heterocycles. The molecule has 0 saturated carbocycles. The second-order valence-electron chi connectivity index (χ2n) is 7.34. The second kappa shape index (κ2) is 7.88. The summed E-state index contributed by atoms with van der Waals surface area (Å²) in [6.07, 6.45) is -4.30. The Labute approximate surface area is 174 Å². The first kappa shape index (κ1) is 22.0. The molecule has 2 N–H and O–H groups in total. The third-order valence-corrected chi connectivity index (χ3v) is 4.96. The van der Waals surface area contributed by atoms with Crippen LogP contribution in [0.15, 0.2) is 36.4 Å². The van der Waals surface area contributed by atoms with E-state index in [2.05, 4.69) is 5.32 Å². The molecule has 2 aromatic carbocycles. The van der Waals surface area contributed by atoms with Gasteiger partial charge in [-0.15, -0.1) is 0 Å². The molecule has 1 aliphatic rings. The van der Waals surface area contributed by atoms with E-state index in [1.165, 1.54) is 31.2 Å². The Balaban J connectivity index is 1.76. The van der Waals surface area contributed by atoms with Crippen molar-refractivity contribution in [1.82, 2.24) is 0 Å². The summed E-state index contributed by atoms with van der Waals surface area (Å²) < 4.78 is 39.3. The Kier molecular flexibility index (Phi) is 5.61. The summed E-state index contributed by atoms with van der Waals surface area (Å²) in [6.45, 7) is 1.46. The highest BCUT2D eigenvalue weighted by Gasteiger charge is 2.37. The maximum Gasteiger partial charge on any atom is 0.417 e. The SMILES string of the molecule is C[C@](O)(CN1CCc2cc([N+](=O)[O-])ccc21)C(=O)Nc1ccc(C#N)c(C(F)(F)F)c1. The molecule has 0 bridgehead atoms. The van der Waals surface area contributed by atoms with E-state index >= 15 is 0 Å². The Morgan fingerprint density at radius 2 is 2.03 bits per heavy atom. The minimum Gasteiger partial charge on any atom is -0.378 e. The van der Waals surface area contributed by atoms with Crippen molar-refractivity contribution in [3.8, 4) is 6.07 Å². The minimum atomic E-state index is -4.78. The number of hydrogen-bond acceptors (Lipinski definition) is 6. The third-order valence-electron chi connectivity index (χ3n) is 4.96. The van der Waals surface area contributed by atoms with Crippen LogP contribution in [0.5, 0.6) is 0 Å². The average Bonchev–Trinajstić information content (AvgIpc) is 3.08. The number of rotatable bonds is 5. The van der Waals surface area contributed by atoms with Crippen LogP contribution in [0.25, 0.3) is 0 Å². The van der Waals surface area contributed by atoms with Crippen LogP contribution >= 0.6 is 0 Å². The van der Waals surface area contributed by atoms with Gasteiger partial charge >= 0.3 is 6.18 Å². The number of β-amino-alcohol motifs (C(OH)–C–C–N with tert-alkyl or cyclic N) is 1. The molecule has 1 atom stereocenters. The van der Waals surface area contributed by atoms with Crippen LogP contribution < -0.4 is 10.2 Å². The summed E-state index contributed by atoms with van der Waals surface area (Å²) in [6, 6.07) is 8.46. The quantitative estimate of drug-likeness (QED) is 0.551. The van der Waals surface area contributed by atoms with E-state index in [0.717, 1.165) is 12.1 Å². The van der Waals surface area contributed by atoms with Crippen molar-refractivity contribution < 1.29 is 28.0 Å². The number of carbonyl (C=O) groups excluding carboxylic acids is 1. The van der Waals surface area contributed by atoms with Crippen LogP contribution in [0.1, 0.15) is 23.6 Å². The number of aliphatic hydroxyl groups is 1. The number of nitro groups is 1. The Bertz CT molecular complexity index is 1090. The van der Waals surface area contributed by atoms with Gasteiger partial charge in [-0.05, 0) is 43.2 Å². The molecule has 1 aliphatic heterocycles. The standard InChI is InChI=1S/C20H17F3N4O4/c1-19(29,11-26-7-6-12-8-15(27(30)31)4-5-17(12)26)18(28)25-14-3-2-13(10-24)16(9-14)20(21,22)23/h2-5,8-9,29H,6-7,11H2,1H3,(H,25,28)/t19-/m0/s1. The van der Waals surface area contributed by atoms with Crippen molar-refractivity contribution in [2.45, 2.75) is 25.1 Å². The zero-order valence-corrected chi connectivity index (χ0v) is 16.2. The lowest BCUT2D eigenvalue weighted by Crippen LogP contribution is -2.49. The second-order valence-corrected chi connectivity index (χ2v) is 7.34. The number of nitrogens with zero attached hydrogens (tertiary/aromatic N) is 3. The van der Waals surface area contributed by atoms with Crippen molar-refractivity contribution in [3.63, 3.8) is 0 Å². The van der Waals surface area contributed by atoms with E-state index in [1.54, 1.807) is 4.90 Å². The topological polar surface area (TPSA) is 120 Å². The number of benzene rings is 2. The minimum absolute atomic E-state index is 0.0635. The van der Waals surface area contributed by atoms with Gasteiger partial charge in [-0.1, -0.05) is 0 Å². The summed E-state index contributed by atoms with van der Waals surface area (Å²) in [5, 5.41) is 32.7. The fraction of sp³-hybridized carbons (Fsp3) is 0.300. The monoisotopic (exact) mass is 434 g/mol. The van der Waals surface area contributed by atoms with Gasteiger partial charge < -0.3 is 15.3 Å². The summed E-state index contributed by atoms with van der Waals surface area (Å²) in [5.74, 6) is -0.930. The summed E-state index contributed by atoms with van der Waals surface area (Å²) >= 11 is 0. The fourth-order valence-electron chi connectivity index (χ4n) is 3.40. The molecule has 11 heteroatoms. The lowest BCUT2D eigenvalue weighted by molar-refractivity contribution is -0.384. The fourth-order valence-corrected chi connectivity index (χ4v) is 3.40. The molecule has 0 radical (unpaired) electrons. The van der Waals surface area contributed by atoms with Gasteiger partial charge in [0, 0.05) is 30.1 Å². The molecule has 0 fully saturated rings. The number of alkyl halides is 3. The zero-order valence-electron chi connectivity index (χ0n) is 16.2. The normalized spacial score (nSPS) is 15.0. The van der Waals surface area contributed by atoms with E-state index in [9.17, 15) is 33.2 Å². The van der Waals surface area contributed by atoms with Gasteiger partial charge in [-0.25, -0.2) is 0 Å². The third kappa shape index (κ3) is 4.59. The Morgan fingerprint density at radius 3 is 2.65 bits per heavy atom. The molecule has 3 rings (SSSR count). The largest absolute Gasteiger partial charge is 0.417 e. The highest BCUT2D eigenvalue weighted by atomic mass is 19.4. The summed E-state index contributed by atoms with van der Waals surface area (Å²) in [7, 11) is 0. The molecule has 0 spiro atoms. The molecule has 0 unspecified atom stereocenters. The molecule has 162 valence electrons. The van der Waals surface area contributed by atoms with Crippen LogP contribution in [0.3, 0.4) is 0 Å². The first-order valence-corrected chi connectivity index (χ1v) is 9.10. The number of anilines is 2. The summed E-state index contributed by atoms with van der Waals surface area (Å²) in [4.78, 5) is 24.6. The number of amides is 1. The predicted octanol–water partition coefficient (Wildman–Crippen LogP) is 3.24. The molecule has 1 amide bonds. The van der Waals surface area contributed by atoms with Crippen molar-refractivity contribution >= 4 is 23.0 Å². The molecule has 1 heterocycles. The van der Waals surface area contributed by atoms with Crippen LogP contribution in [0.2, 0.25) is 0 Å². The molecule has 2 aromatic rings. The van der Waals surface area contributed by atoms with Gasteiger partial charge in [-0.3, -0.25) is 14.9 Å². The number of nitriles is 1. The molecule has 31 heavy (non-hydrogen) atoms. The van der Waals surface area contributed by atoms with E-state index in [1.807, 2.05) is 0 Å². The smallest absolute Gasteiger partial charge is 0.378 e. The van der Waals surface area contributed by atoms with Crippen LogP contribution in [-0.2, 0) is 17.4 Å². The number of nitrogens with one attached hydrogen (secondary N) is 1. The number of carbonyl (C=O) groups is 1. The maximum absolute atomic E-state index is 13.1. The molecular formula is C20H17F3N4O4. The highest BCUT2D eigenvalue weighted by Crippen LogP contribution is 2.34. The lowest BCUT2D eigenvalue weighted by atomic mass is 10.0. The van der Waals surface area contributed by atoms with Crippen molar-refractivity contribution in [2.24, 2.45) is 0 Å². The average molecular weight is 434 g/mol. The lowest BCUT2D eigenvalue weighted by Gasteiger charge is -2.29. The number of halogens is 3. The van der Waals surface area contributed by atoms with Gasteiger partial charge in [-0.2, -0.15) is 18.4 Å². The molecular weight excluding hydrogens is 417 g/mol. The van der Waals surface area contributed by atoms with E-state index in [0.29, 0.717) is 30.3 Å². The van der Waals surface area contributed by atoms with Crippen LogP contribution in [0, 0.1) is 21.4 Å². The molecule has 0 aliphatic carbocycles. The first-order chi connectivity index (χ1) is 14.4. The Hall–Kier alpha value is -3.65. The Morgan fingerprint density at radius 1 is 1.32 bits per heavy atom. The van der Waals surface area contributed by atoms with Gasteiger partial charge in [0.2, 0.25) is 0 Å². The van der Waals surface area contributed by atoms with E-state index in [-0.39, 0.29) is 17.9 Å².